The van der Waals surface area contributed by atoms with Crippen molar-refractivity contribution in [3.05, 3.63) is 58.9 Å². The first-order chi connectivity index (χ1) is 13.3. The number of thiazole rings is 1. The highest BCUT2D eigenvalue weighted by atomic mass is 32.1. The SMILES string of the molecule is Cc1ccc(CC(=O)N(CCCN(C)C)c2nc3ccc(F)cc3s2)c(C)c1. The molecule has 0 aliphatic heterocycles. The van der Waals surface area contributed by atoms with E-state index in [9.17, 15) is 9.18 Å². The van der Waals surface area contributed by atoms with Crippen LogP contribution in [0.5, 0.6) is 0 Å². The lowest BCUT2D eigenvalue weighted by molar-refractivity contribution is -0.118. The summed E-state index contributed by atoms with van der Waals surface area (Å²) in [5.41, 5.74) is 4.05. The molecular formula is C22H26FN3OS. The van der Waals surface area contributed by atoms with Crippen molar-refractivity contribution in [1.82, 2.24) is 9.88 Å². The van der Waals surface area contributed by atoms with E-state index in [0.717, 1.165) is 34.3 Å². The highest BCUT2D eigenvalue weighted by Crippen LogP contribution is 2.30. The monoisotopic (exact) mass is 399 g/mol. The average molecular weight is 400 g/mol. The summed E-state index contributed by atoms with van der Waals surface area (Å²) in [6, 6.07) is 10.7. The number of rotatable bonds is 7. The molecule has 0 saturated heterocycles. The number of benzene rings is 2. The van der Waals surface area contributed by atoms with E-state index in [4.69, 9.17) is 0 Å². The van der Waals surface area contributed by atoms with E-state index < -0.39 is 0 Å². The second-order valence-electron chi connectivity index (χ2n) is 7.42. The van der Waals surface area contributed by atoms with E-state index in [1.54, 1.807) is 11.0 Å². The van der Waals surface area contributed by atoms with Gasteiger partial charge in [-0.2, -0.15) is 0 Å². The minimum Gasteiger partial charge on any atom is -0.309 e. The maximum absolute atomic E-state index is 13.6. The molecule has 1 amide bonds. The first-order valence-electron chi connectivity index (χ1n) is 9.41. The van der Waals surface area contributed by atoms with Gasteiger partial charge in [0, 0.05) is 6.54 Å². The molecule has 0 aliphatic rings. The van der Waals surface area contributed by atoms with Crippen molar-refractivity contribution < 1.29 is 9.18 Å². The highest BCUT2D eigenvalue weighted by molar-refractivity contribution is 7.22. The summed E-state index contributed by atoms with van der Waals surface area (Å²) in [6.07, 6.45) is 1.17. The normalized spacial score (nSPS) is 11.4. The predicted molar refractivity (Wildman–Crippen MR) is 115 cm³/mol. The lowest BCUT2D eigenvalue weighted by Gasteiger charge is -2.21. The van der Waals surface area contributed by atoms with Crippen molar-refractivity contribution in [2.45, 2.75) is 26.7 Å². The van der Waals surface area contributed by atoms with E-state index in [1.807, 2.05) is 40.1 Å². The Morgan fingerprint density at radius 1 is 1.11 bits per heavy atom. The second kappa shape index (κ2) is 8.80. The number of aromatic nitrogens is 1. The Labute approximate surface area is 169 Å². The zero-order valence-corrected chi connectivity index (χ0v) is 17.6. The lowest BCUT2D eigenvalue weighted by Crippen LogP contribution is -2.34. The number of amides is 1. The number of fused-ring (bicyclic) bond motifs is 1. The summed E-state index contributed by atoms with van der Waals surface area (Å²) in [5.74, 6) is -0.270. The number of anilines is 1. The van der Waals surface area contributed by atoms with Crippen LogP contribution in [-0.4, -0.2) is 43.0 Å². The molecular weight excluding hydrogens is 373 g/mol. The van der Waals surface area contributed by atoms with Crippen molar-refractivity contribution in [2.75, 3.05) is 32.1 Å². The van der Waals surface area contributed by atoms with Crippen molar-refractivity contribution in [1.29, 1.82) is 0 Å². The third-order valence-electron chi connectivity index (χ3n) is 4.70. The Hall–Kier alpha value is -2.31. The Bertz CT molecular complexity index is 983. The second-order valence-corrected chi connectivity index (χ2v) is 8.43. The van der Waals surface area contributed by atoms with Crippen LogP contribution in [-0.2, 0) is 11.2 Å². The molecule has 3 rings (SSSR count). The van der Waals surface area contributed by atoms with Gasteiger partial charge in [-0.15, -0.1) is 0 Å². The summed E-state index contributed by atoms with van der Waals surface area (Å²) < 4.78 is 14.3. The molecule has 4 nitrogen and oxygen atoms in total. The zero-order valence-electron chi connectivity index (χ0n) is 16.8. The molecule has 0 spiro atoms. The largest absolute Gasteiger partial charge is 0.309 e. The van der Waals surface area contributed by atoms with E-state index in [1.165, 1.54) is 29.0 Å². The molecule has 3 aromatic rings. The third-order valence-corrected chi connectivity index (χ3v) is 5.74. The van der Waals surface area contributed by atoms with Crippen LogP contribution in [0.2, 0.25) is 0 Å². The lowest BCUT2D eigenvalue weighted by atomic mass is 10.0. The van der Waals surface area contributed by atoms with Crippen LogP contribution in [0.15, 0.2) is 36.4 Å². The summed E-state index contributed by atoms with van der Waals surface area (Å²) in [5, 5.41) is 0.633. The summed E-state index contributed by atoms with van der Waals surface area (Å²) >= 11 is 1.36. The molecule has 28 heavy (non-hydrogen) atoms. The van der Waals surface area contributed by atoms with Crippen molar-refractivity contribution in [3.63, 3.8) is 0 Å². The number of aryl methyl sites for hydroxylation is 2. The van der Waals surface area contributed by atoms with Crippen LogP contribution >= 0.6 is 11.3 Å². The molecule has 0 bridgehead atoms. The molecule has 6 heteroatoms. The van der Waals surface area contributed by atoms with Crippen LogP contribution in [0.4, 0.5) is 9.52 Å². The molecule has 0 aliphatic carbocycles. The minimum absolute atomic E-state index is 0.0187. The molecule has 0 radical (unpaired) electrons. The standard InChI is InChI=1S/C22H26FN3OS/c1-15-6-7-17(16(2)12-15)13-21(27)26(11-5-10-25(3)4)22-24-19-9-8-18(23)14-20(19)28-22/h6-9,12,14H,5,10-11,13H2,1-4H3. The molecule has 2 aromatic carbocycles. The average Bonchev–Trinajstić information content (AvgIpc) is 3.03. The van der Waals surface area contributed by atoms with Crippen LogP contribution in [0.25, 0.3) is 10.2 Å². The van der Waals surface area contributed by atoms with Crippen LogP contribution < -0.4 is 4.90 Å². The minimum atomic E-state index is -0.288. The topological polar surface area (TPSA) is 36.4 Å². The van der Waals surface area contributed by atoms with Gasteiger partial charge in [0.15, 0.2) is 5.13 Å². The molecule has 0 fully saturated rings. The predicted octanol–water partition coefficient (Wildman–Crippen LogP) is 4.58. The maximum atomic E-state index is 13.6. The van der Waals surface area contributed by atoms with Gasteiger partial charge in [-0.3, -0.25) is 9.69 Å². The quantitative estimate of drug-likeness (QED) is 0.583. The molecule has 0 N–H and O–H groups in total. The number of hydrogen-bond donors (Lipinski definition) is 0. The molecule has 148 valence electrons. The smallest absolute Gasteiger partial charge is 0.233 e. The number of carbonyl (C=O) groups excluding carboxylic acids is 1. The fourth-order valence-electron chi connectivity index (χ4n) is 3.18. The van der Waals surface area contributed by atoms with Crippen LogP contribution in [0.3, 0.4) is 0 Å². The Balaban J connectivity index is 1.87. The van der Waals surface area contributed by atoms with Gasteiger partial charge >= 0.3 is 0 Å². The molecule has 0 saturated carbocycles. The number of hydrogen-bond acceptors (Lipinski definition) is 4. The number of halogens is 1. The molecule has 1 aromatic heterocycles. The van der Waals surface area contributed by atoms with Crippen LogP contribution in [0, 0.1) is 19.7 Å². The van der Waals surface area contributed by atoms with E-state index in [0.29, 0.717) is 18.1 Å². The van der Waals surface area contributed by atoms with Gasteiger partial charge in [0.05, 0.1) is 16.6 Å². The van der Waals surface area contributed by atoms with Gasteiger partial charge < -0.3 is 4.90 Å². The molecule has 0 atom stereocenters. The molecule has 1 heterocycles. The third kappa shape index (κ3) is 4.94. The first-order valence-corrected chi connectivity index (χ1v) is 10.2. The van der Waals surface area contributed by atoms with Gasteiger partial charge in [0.2, 0.25) is 5.91 Å². The zero-order chi connectivity index (χ0) is 20.3. The van der Waals surface area contributed by atoms with Crippen molar-refractivity contribution in [2.24, 2.45) is 0 Å². The summed E-state index contributed by atoms with van der Waals surface area (Å²) in [4.78, 5) is 21.6. The fourth-order valence-corrected chi connectivity index (χ4v) is 4.21. The Kier molecular flexibility index (Phi) is 6.42. The first kappa shape index (κ1) is 20.4. The van der Waals surface area contributed by atoms with Crippen LogP contribution in [0.1, 0.15) is 23.1 Å². The number of nitrogens with zero attached hydrogens (tertiary/aromatic N) is 3. The summed E-state index contributed by atoms with van der Waals surface area (Å²) in [7, 11) is 4.03. The molecule has 0 unspecified atom stereocenters. The number of carbonyl (C=O) groups is 1. The van der Waals surface area contributed by atoms with Gasteiger partial charge in [0.1, 0.15) is 5.82 Å². The van der Waals surface area contributed by atoms with Gasteiger partial charge in [-0.1, -0.05) is 35.1 Å². The maximum Gasteiger partial charge on any atom is 0.233 e. The fraction of sp³-hybridized carbons (Fsp3) is 0.364. The van der Waals surface area contributed by atoms with Crippen molar-refractivity contribution >= 4 is 32.6 Å². The van der Waals surface area contributed by atoms with Gasteiger partial charge in [0.25, 0.3) is 0 Å². The highest BCUT2D eigenvalue weighted by Gasteiger charge is 2.20. The Morgan fingerprint density at radius 3 is 2.61 bits per heavy atom. The van der Waals surface area contributed by atoms with Gasteiger partial charge in [-0.05, 0) is 70.2 Å². The van der Waals surface area contributed by atoms with Gasteiger partial charge in [-0.25, -0.2) is 9.37 Å². The van der Waals surface area contributed by atoms with Crippen molar-refractivity contribution in [3.8, 4) is 0 Å². The van der Waals surface area contributed by atoms with E-state index in [-0.39, 0.29) is 11.7 Å². The van der Waals surface area contributed by atoms with E-state index in [2.05, 4.69) is 16.0 Å². The summed E-state index contributed by atoms with van der Waals surface area (Å²) in [6.45, 7) is 5.55. The Morgan fingerprint density at radius 2 is 1.89 bits per heavy atom. The van der Waals surface area contributed by atoms with E-state index >= 15 is 0 Å².